The lowest BCUT2D eigenvalue weighted by Gasteiger charge is -2.41. The van der Waals surface area contributed by atoms with Crippen LogP contribution in [0.2, 0.25) is 0 Å². The zero-order valence-corrected chi connectivity index (χ0v) is 17.8. The number of hydrogen-bond donors (Lipinski definition) is 2. The molecule has 5 rings (SSSR count). The normalized spacial score (nSPS) is 16.6. The van der Waals surface area contributed by atoms with Gasteiger partial charge in [-0.1, -0.05) is 36.4 Å². The van der Waals surface area contributed by atoms with Crippen LogP contribution >= 0.6 is 0 Å². The summed E-state index contributed by atoms with van der Waals surface area (Å²) in [6.07, 6.45) is 1.71. The molecular formula is C26H26N2O4. The Kier molecular flexibility index (Phi) is 5.79. The first kappa shape index (κ1) is 20.5. The number of anilines is 1. The largest absolute Gasteiger partial charge is 0.484 e. The van der Waals surface area contributed by atoms with Gasteiger partial charge in [0.25, 0.3) is 5.91 Å². The van der Waals surface area contributed by atoms with Crippen molar-refractivity contribution >= 4 is 11.6 Å². The quantitative estimate of drug-likeness (QED) is 0.630. The van der Waals surface area contributed by atoms with E-state index in [0.717, 1.165) is 54.1 Å². The molecular weight excluding hydrogens is 404 g/mol. The fraction of sp³-hybridized carbons (Fsp3) is 0.269. The van der Waals surface area contributed by atoms with Gasteiger partial charge in [-0.05, 0) is 47.5 Å². The van der Waals surface area contributed by atoms with Crippen molar-refractivity contribution in [2.75, 3.05) is 25.0 Å². The van der Waals surface area contributed by atoms with Crippen molar-refractivity contribution in [3.63, 3.8) is 0 Å². The number of rotatable bonds is 5. The molecule has 2 N–H and O–H groups in total. The summed E-state index contributed by atoms with van der Waals surface area (Å²) in [5.74, 6) is 0.849. The molecule has 6 heteroatoms. The summed E-state index contributed by atoms with van der Waals surface area (Å²) in [4.78, 5) is 12.2. The van der Waals surface area contributed by atoms with Crippen molar-refractivity contribution in [1.29, 1.82) is 0 Å². The summed E-state index contributed by atoms with van der Waals surface area (Å²) >= 11 is 0. The molecule has 2 aliphatic rings. The Bertz CT molecular complexity index is 1090. The molecule has 1 spiro atoms. The minimum atomic E-state index is -0.492. The van der Waals surface area contributed by atoms with Crippen LogP contribution in [0.3, 0.4) is 0 Å². The predicted octanol–water partition coefficient (Wildman–Crippen LogP) is 4.36. The summed E-state index contributed by atoms with van der Waals surface area (Å²) < 4.78 is 18.1. The van der Waals surface area contributed by atoms with Crippen molar-refractivity contribution in [2.24, 2.45) is 0 Å². The molecule has 2 heterocycles. The van der Waals surface area contributed by atoms with Crippen molar-refractivity contribution < 1.29 is 19.0 Å². The lowest BCUT2D eigenvalue weighted by molar-refractivity contribution is -0.218. The minimum Gasteiger partial charge on any atom is -0.484 e. The topological polar surface area (TPSA) is 68.8 Å². The first-order valence-corrected chi connectivity index (χ1v) is 10.9. The van der Waals surface area contributed by atoms with E-state index >= 15 is 0 Å². The van der Waals surface area contributed by atoms with Crippen molar-refractivity contribution in [1.82, 2.24) is 5.32 Å². The van der Waals surface area contributed by atoms with Crippen LogP contribution in [0.4, 0.5) is 5.69 Å². The molecule has 3 aromatic carbocycles. The number of para-hydroxylation sites is 1. The second kappa shape index (κ2) is 9.02. The van der Waals surface area contributed by atoms with Gasteiger partial charge in [0, 0.05) is 37.2 Å². The molecule has 2 aliphatic heterocycles. The van der Waals surface area contributed by atoms with Gasteiger partial charge in [-0.15, -0.1) is 0 Å². The third kappa shape index (κ3) is 4.61. The second-order valence-electron chi connectivity index (χ2n) is 8.10. The number of hydrogen-bond acceptors (Lipinski definition) is 5. The maximum absolute atomic E-state index is 12.2. The highest BCUT2D eigenvalue weighted by Gasteiger charge is 2.38. The Labute approximate surface area is 187 Å². The first-order chi connectivity index (χ1) is 15.7. The molecule has 0 unspecified atom stereocenters. The predicted molar refractivity (Wildman–Crippen MR) is 123 cm³/mol. The molecule has 32 heavy (non-hydrogen) atoms. The molecule has 0 saturated carbocycles. The van der Waals surface area contributed by atoms with Gasteiger partial charge >= 0.3 is 0 Å². The summed E-state index contributed by atoms with van der Waals surface area (Å²) in [7, 11) is 0. The molecule has 3 aromatic rings. The van der Waals surface area contributed by atoms with E-state index in [1.807, 2.05) is 60.7 Å². The van der Waals surface area contributed by atoms with Gasteiger partial charge in [0.1, 0.15) is 11.5 Å². The highest BCUT2D eigenvalue weighted by atomic mass is 16.7. The zero-order chi connectivity index (χ0) is 21.8. The third-order valence-electron chi connectivity index (χ3n) is 5.81. The van der Waals surface area contributed by atoms with Crippen molar-refractivity contribution in [3.05, 3.63) is 78.4 Å². The number of amides is 1. The molecule has 0 bridgehead atoms. The highest BCUT2D eigenvalue weighted by molar-refractivity contribution is 5.91. The lowest BCUT2D eigenvalue weighted by Crippen LogP contribution is -2.49. The van der Waals surface area contributed by atoms with Gasteiger partial charge in [-0.3, -0.25) is 4.79 Å². The Hall–Kier alpha value is -3.35. The Morgan fingerprint density at radius 2 is 1.78 bits per heavy atom. The first-order valence-electron chi connectivity index (χ1n) is 10.9. The smallest absolute Gasteiger partial charge is 0.262 e. The standard InChI is InChI=1S/C26H26N2O4/c29-25(28-22-6-2-1-3-7-22)18-30-23-8-4-5-19(16-23)20-9-10-24-21(15-20)17-31-26(32-24)11-13-27-14-12-26/h1-10,15-16,27H,11-14,17-18H2,(H,28,29). The number of fused-ring (bicyclic) bond motifs is 1. The van der Waals surface area contributed by atoms with E-state index in [0.29, 0.717) is 12.4 Å². The van der Waals surface area contributed by atoms with E-state index in [-0.39, 0.29) is 12.5 Å². The minimum absolute atomic E-state index is 0.0544. The van der Waals surface area contributed by atoms with E-state index < -0.39 is 5.79 Å². The maximum Gasteiger partial charge on any atom is 0.262 e. The fourth-order valence-electron chi connectivity index (χ4n) is 4.10. The molecule has 164 valence electrons. The maximum atomic E-state index is 12.2. The van der Waals surface area contributed by atoms with E-state index in [4.69, 9.17) is 14.2 Å². The second-order valence-corrected chi connectivity index (χ2v) is 8.10. The van der Waals surface area contributed by atoms with Crippen LogP contribution in [-0.2, 0) is 16.1 Å². The third-order valence-corrected chi connectivity index (χ3v) is 5.81. The molecule has 1 amide bonds. The highest BCUT2D eigenvalue weighted by Crippen LogP contribution is 2.38. The molecule has 1 fully saturated rings. The monoisotopic (exact) mass is 430 g/mol. The molecule has 6 nitrogen and oxygen atoms in total. The van der Waals surface area contributed by atoms with Crippen LogP contribution in [0.5, 0.6) is 11.5 Å². The summed E-state index contributed by atoms with van der Waals surface area (Å²) in [6, 6.07) is 23.3. The van der Waals surface area contributed by atoms with Gasteiger partial charge in [0.15, 0.2) is 6.61 Å². The van der Waals surface area contributed by atoms with Crippen molar-refractivity contribution in [2.45, 2.75) is 25.2 Å². The summed E-state index contributed by atoms with van der Waals surface area (Å²) in [5.41, 5.74) is 3.85. The van der Waals surface area contributed by atoms with Crippen LogP contribution in [0, 0.1) is 0 Å². The summed E-state index contributed by atoms with van der Waals surface area (Å²) in [6.45, 7) is 2.30. The zero-order valence-electron chi connectivity index (χ0n) is 17.8. The number of nitrogens with one attached hydrogen (secondary N) is 2. The van der Waals surface area contributed by atoms with Crippen molar-refractivity contribution in [3.8, 4) is 22.6 Å². The van der Waals surface area contributed by atoms with Gasteiger partial charge in [-0.2, -0.15) is 0 Å². The van der Waals surface area contributed by atoms with E-state index in [9.17, 15) is 4.79 Å². The number of carbonyl (C=O) groups excluding carboxylic acids is 1. The number of benzene rings is 3. The van der Waals surface area contributed by atoms with Crippen LogP contribution in [-0.4, -0.2) is 31.4 Å². The molecule has 0 aliphatic carbocycles. The average Bonchev–Trinajstić information content (AvgIpc) is 2.84. The molecule has 0 aromatic heterocycles. The average molecular weight is 431 g/mol. The van der Waals surface area contributed by atoms with Gasteiger partial charge < -0.3 is 24.8 Å². The molecule has 1 saturated heterocycles. The molecule has 0 atom stereocenters. The molecule has 0 radical (unpaired) electrons. The van der Waals surface area contributed by atoms with E-state index in [2.05, 4.69) is 22.8 Å². The Morgan fingerprint density at radius 1 is 0.969 bits per heavy atom. The van der Waals surface area contributed by atoms with Gasteiger partial charge in [-0.25, -0.2) is 0 Å². The van der Waals surface area contributed by atoms with Crippen LogP contribution in [0.15, 0.2) is 72.8 Å². The fourth-order valence-corrected chi connectivity index (χ4v) is 4.10. The number of piperidine rings is 1. The number of carbonyl (C=O) groups is 1. The van der Waals surface area contributed by atoms with Crippen LogP contribution in [0.1, 0.15) is 18.4 Å². The summed E-state index contributed by atoms with van der Waals surface area (Å²) in [5, 5.41) is 6.17. The van der Waals surface area contributed by atoms with E-state index in [1.165, 1.54) is 0 Å². The van der Waals surface area contributed by atoms with Gasteiger partial charge in [0.2, 0.25) is 5.79 Å². The van der Waals surface area contributed by atoms with Crippen LogP contribution in [0.25, 0.3) is 11.1 Å². The lowest BCUT2D eigenvalue weighted by atomic mass is 9.99. The van der Waals surface area contributed by atoms with Crippen LogP contribution < -0.4 is 20.1 Å². The Morgan fingerprint density at radius 3 is 2.62 bits per heavy atom. The Balaban J connectivity index is 1.25. The van der Waals surface area contributed by atoms with Gasteiger partial charge in [0.05, 0.1) is 6.61 Å². The SMILES string of the molecule is O=C(COc1cccc(-c2ccc3c(c2)COC2(CCNCC2)O3)c1)Nc1ccccc1. The number of ether oxygens (including phenoxy) is 3. The van der Waals surface area contributed by atoms with E-state index in [1.54, 1.807) is 0 Å².